The second kappa shape index (κ2) is 8.18. The maximum atomic E-state index is 10.0. The van der Waals surface area contributed by atoms with Gasteiger partial charge in [0.2, 0.25) is 0 Å². The van der Waals surface area contributed by atoms with E-state index >= 15 is 0 Å². The van der Waals surface area contributed by atoms with Crippen LogP contribution in [0.3, 0.4) is 0 Å². The van der Waals surface area contributed by atoms with E-state index < -0.39 is 12.2 Å². The van der Waals surface area contributed by atoms with Crippen molar-refractivity contribution < 1.29 is 19.7 Å². The van der Waals surface area contributed by atoms with Gasteiger partial charge in [0, 0.05) is 0 Å². The largest absolute Gasteiger partial charge is 0.491 e. The molecule has 0 aliphatic carbocycles. The van der Waals surface area contributed by atoms with E-state index in [1.807, 2.05) is 64.1 Å². The van der Waals surface area contributed by atoms with Crippen molar-refractivity contribution in [1.29, 1.82) is 0 Å². The van der Waals surface area contributed by atoms with Gasteiger partial charge in [-0.05, 0) is 74.2 Å². The van der Waals surface area contributed by atoms with E-state index in [0.29, 0.717) is 11.5 Å². The molecular weight excluding hydrogens is 304 g/mol. The van der Waals surface area contributed by atoms with Crippen LogP contribution in [-0.2, 0) is 0 Å². The van der Waals surface area contributed by atoms with Crippen LogP contribution in [0.1, 0.15) is 22.3 Å². The normalized spacial score (nSPS) is 13.4. The molecule has 0 saturated heterocycles. The maximum Gasteiger partial charge on any atom is 0.119 e. The summed E-state index contributed by atoms with van der Waals surface area (Å²) in [5.41, 5.74) is 4.62. The average Bonchev–Trinajstić information content (AvgIpc) is 2.56. The summed E-state index contributed by atoms with van der Waals surface area (Å²) in [5.74, 6) is 1.36. The molecule has 0 aromatic heterocycles. The van der Waals surface area contributed by atoms with E-state index in [0.717, 1.165) is 11.1 Å². The minimum Gasteiger partial charge on any atom is -0.491 e. The highest BCUT2D eigenvalue weighted by molar-refractivity contribution is 5.34. The minimum atomic E-state index is -1.02. The van der Waals surface area contributed by atoms with Crippen LogP contribution in [0.2, 0.25) is 0 Å². The third-order valence-electron chi connectivity index (χ3n) is 4.24. The lowest BCUT2D eigenvalue weighted by molar-refractivity contribution is -0.0288. The predicted octanol–water partition coefficient (Wildman–Crippen LogP) is 3.10. The van der Waals surface area contributed by atoms with Crippen LogP contribution >= 0.6 is 0 Å². The second-order valence-electron chi connectivity index (χ2n) is 6.25. The molecule has 0 fully saturated rings. The topological polar surface area (TPSA) is 58.9 Å². The molecule has 24 heavy (non-hydrogen) atoms. The molecule has 0 aliphatic heterocycles. The Kier molecular flexibility index (Phi) is 6.23. The molecule has 2 aromatic carbocycles. The van der Waals surface area contributed by atoms with Crippen LogP contribution < -0.4 is 9.47 Å². The molecule has 0 spiro atoms. The van der Waals surface area contributed by atoms with Gasteiger partial charge in [0.15, 0.2) is 0 Å². The molecule has 0 bridgehead atoms. The average molecular weight is 330 g/mol. The Morgan fingerprint density at radius 2 is 1.04 bits per heavy atom. The first-order valence-electron chi connectivity index (χ1n) is 8.13. The standard InChI is InChI=1S/C20H26O4/c1-13-5-7-17(9-15(13)3)23-11-19(21)20(22)12-24-18-8-6-14(2)16(4)10-18/h5-10,19-22H,11-12H2,1-4H3/t19-,20+. The van der Waals surface area contributed by atoms with Gasteiger partial charge in [0.05, 0.1) is 0 Å². The molecule has 2 atom stereocenters. The fourth-order valence-corrected chi connectivity index (χ4v) is 2.19. The van der Waals surface area contributed by atoms with E-state index in [2.05, 4.69) is 0 Å². The molecule has 0 amide bonds. The second-order valence-corrected chi connectivity index (χ2v) is 6.25. The maximum absolute atomic E-state index is 10.0. The predicted molar refractivity (Wildman–Crippen MR) is 94.8 cm³/mol. The third-order valence-corrected chi connectivity index (χ3v) is 4.24. The van der Waals surface area contributed by atoms with Gasteiger partial charge in [-0.1, -0.05) is 12.1 Å². The summed E-state index contributed by atoms with van der Waals surface area (Å²) in [6.07, 6.45) is -2.03. The number of aryl methyl sites for hydroxylation is 4. The van der Waals surface area contributed by atoms with E-state index in [1.165, 1.54) is 11.1 Å². The molecule has 2 aromatic rings. The zero-order valence-electron chi connectivity index (χ0n) is 14.7. The van der Waals surface area contributed by atoms with Crippen molar-refractivity contribution in [2.75, 3.05) is 13.2 Å². The fraction of sp³-hybridized carbons (Fsp3) is 0.400. The third kappa shape index (κ3) is 4.98. The first-order valence-corrected chi connectivity index (χ1v) is 8.13. The van der Waals surface area contributed by atoms with Gasteiger partial charge in [-0.3, -0.25) is 0 Å². The zero-order valence-corrected chi connectivity index (χ0v) is 14.7. The van der Waals surface area contributed by atoms with E-state index in [-0.39, 0.29) is 13.2 Å². The van der Waals surface area contributed by atoms with E-state index in [1.54, 1.807) is 0 Å². The SMILES string of the molecule is Cc1ccc(OC[C@@H](O)[C@@H](O)COc2ccc(C)c(C)c2)cc1C. The number of hydrogen-bond acceptors (Lipinski definition) is 4. The van der Waals surface area contributed by atoms with Crippen LogP contribution in [0.25, 0.3) is 0 Å². The van der Waals surface area contributed by atoms with Crippen molar-refractivity contribution in [3.8, 4) is 11.5 Å². The Hall–Kier alpha value is -2.04. The van der Waals surface area contributed by atoms with Crippen molar-refractivity contribution in [2.24, 2.45) is 0 Å². The summed E-state index contributed by atoms with van der Waals surface area (Å²) < 4.78 is 11.1. The zero-order chi connectivity index (χ0) is 17.7. The number of aliphatic hydroxyl groups is 2. The van der Waals surface area contributed by atoms with Crippen molar-refractivity contribution in [3.63, 3.8) is 0 Å². The number of benzene rings is 2. The minimum absolute atomic E-state index is 0.0138. The molecule has 0 heterocycles. The van der Waals surface area contributed by atoms with E-state index in [4.69, 9.17) is 9.47 Å². The molecule has 0 aliphatic rings. The number of hydrogen-bond donors (Lipinski definition) is 2. The summed E-state index contributed by atoms with van der Waals surface area (Å²) in [7, 11) is 0. The van der Waals surface area contributed by atoms with Gasteiger partial charge in [0.25, 0.3) is 0 Å². The van der Waals surface area contributed by atoms with Crippen LogP contribution in [0.15, 0.2) is 36.4 Å². The lowest BCUT2D eigenvalue weighted by Crippen LogP contribution is -2.36. The van der Waals surface area contributed by atoms with E-state index in [9.17, 15) is 10.2 Å². The molecule has 0 saturated carbocycles. The molecule has 2 N–H and O–H groups in total. The molecular formula is C20H26O4. The molecule has 4 heteroatoms. The number of aliphatic hydroxyl groups excluding tert-OH is 2. The Balaban J connectivity index is 1.81. The lowest BCUT2D eigenvalue weighted by Gasteiger charge is -2.19. The molecule has 0 radical (unpaired) electrons. The molecule has 4 nitrogen and oxygen atoms in total. The lowest BCUT2D eigenvalue weighted by atomic mass is 10.1. The molecule has 130 valence electrons. The van der Waals surface area contributed by atoms with Gasteiger partial charge in [0.1, 0.15) is 36.9 Å². The van der Waals surface area contributed by atoms with Gasteiger partial charge in [-0.2, -0.15) is 0 Å². The smallest absolute Gasteiger partial charge is 0.119 e. The van der Waals surface area contributed by atoms with Crippen molar-refractivity contribution >= 4 is 0 Å². The highest BCUT2D eigenvalue weighted by atomic mass is 16.5. The number of ether oxygens (including phenoxy) is 2. The first-order chi connectivity index (χ1) is 11.4. The van der Waals surface area contributed by atoms with Crippen LogP contribution in [-0.4, -0.2) is 35.6 Å². The molecule has 2 rings (SSSR count). The Morgan fingerprint density at radius 1 is 0.667 bits per heavy atom. The highest BCUT2D eigenvalue weighted by Crippen LogP contribution is 2.18. The Labute approximate surface area is 143 Å². The van der Waals surface area contributed by atoms with Gasteiger partial charge in [-0.25, -0.2) is 0 Å². The Morgan fingerprint density at radius 3 is 1.38 bits per heavy atom. The van der Waals surface area contributed by atoms with Crippen LogP contribution in [0.4, 0.5) is 0 Å². The summed E-state index contributed by atoms with van der Waals surface area (Å²) >= 11 is 0. The summed E-state index contributed by atoms with van der Waals surface area (Å²) in [6, 6.07) is 11.5. The van der Waals surface area contributed by atoms with Gasteiger partial charge in [-0.15, -0.1) is 0 Å². The Bertz CT molecular complexity index is 622. The summed E-state index contributed by atoms with van der Waals surface area (Å²) in [4.78, 5) is 0. The van der Waals surface area contributed by atoms with Gasteiger partial charge >= 0.3 is 0 Å². The monoisotopic (exact) mass is 330 g/mol. The van der Waals surface area contributed by atoms with Gasteiger partial charge < -0.3 is 19.7 Å². The molecule has 0 unspecified atom stereocenters. The van der Waals surface area contributed by atoms with Crippen molar-refractivity contribution in [3.05, 3.63) is 58.7 Å². The van der Waals surface area contributed by atoms with Crippen LogP contribution in [0.5, 0.6) is 11.5 Å². The van der Waals surface area contributed by atoms with Crippen molar-refractivity contribution in [1.82, 2.24) is 0 Å². The summed E-state index contributed by atoms with van der Waals surface area (Å²) in [5, 5.41) is 20.0. The van der Waals surface area contributed by atoms with Crippen molar-refractivity contribution in [2.45, 2.75) is 39.9 Å². The number of rotatable bonds is 7. The highest BCUT2D eigenvalue weighted by Gasteiger charge is 2.18. The van der Waals surface area contributed by atoms with Crippen LogP contribution in [0, 0.1) is 27.7 Å². The first kappa shape index (κ1) is 18.3. The summed E-state index contributed by atoms with van der Waals surface area (Å²) in [6.45, 7) is 8.10. The quantitative estimate of drug-likeness (QED) is 0.819. The fourth-order valence-electron chi connectivity index (χ4n) is 2.19.